The Balaban J connectivity index is 3.31. The number of carboxylic acids is 1. The van der Waals surface area contributed by atoms with Gasteiger partial charge in [0.15, 0.2) is 6.10 Å². The van der Waals surface area contributed by atoms with Crippen LogP contribution in [0.1, 0.15) is 110 Å². The number of aliphatic hydroxyl groups is 2. The minimum atomic E-state index is -1.56. The lowest BCUT2D eigenvalue weighted by Gasteiger charge is -2.10. The van der Waals surface area contributed by atoms with Crippen LogP contribution in [0.25, 0.3) is 0 Å². The van der Waals surface area contributed by atoms with Gasteiger partial charge >= 0.3 is 5.97 Å². The highest BCUT2D eigenvalue weighted by Gasteiger charge is 2.17. The van der Waals surface area contributed by atoms with Crippen molar-refractivity contribution in [2.24, 2.45) is 0 Å². The monoisotopic (exact) mass is 372 g/mol. The topological polar surface area (TPSA) is 94.8 Å². The third-order valence-electron chi connectivity index (χ3n) is 4.84. The molecule has 0 fully saturated rings. The van der Waals surface area contributed by atoms with Gasteiger partial charge in [0.05, 0.1) is 6.10 Å². The summed E-state index contributed by atoms with van der Waals surface area (Å²) in [5.74, 6) is -1.50. The van der Waals surface area contributed by atoms with Gasteiger partial charge in [0.1, 0.15) is 5.78 Å². The van der Waals surface area contributed by atoms with E-state index >= 15 is 0 Å². The Morgan fingerprint density at radius 3 is 1.69 bits per heavy atom. The van der Waals surface area contributed by atoms with Gasteiger partial charge in [0.2, 0.25) is 0 Å². The fraction of sp³-hybridized carbons (Fsp3) is 0.905. The molecule has 0 aliphatic rings. The van der Waals surface area contributed by atoms with Crippen molar-refractivity contribution in [3.05, 3.63) is 0 Å². The van der Waals surface area contributed by atoms with Gasteiger partial charge in [-0.2, -0.15) is 0 Å². The lowest BCUT2D eigenvalue weighted by molar-refractivity contribution is -0.148. The van der Waals surface area contributed by atoms with Gasteiger partial charge in [-0.25, -0.2) is 4.79 Å². The van der Waals surface area contributed by atoms with E-state index in [1.54, 1.807) is 0 Å². The molecule has 0 bridgehead atoms. The normalized spacial score (nSPS) is 13.5. The molecule has 0 aromatic rings. The number of Topliss-reactive ketones (excluding diaryl/α,β-unsaturated/α-hetero) is 1. The van der Waals surface area contributed by atoms with Crippen molar-refractivity contribution in [1.82, 2.24) is 0 Å². The first-order chi connectivity index (χ1) is 12.5. The standard InChI is InChI=1S/C21H40O5/c1-2-3-4-11-14-18(22)15-12-9-7-5-6-8-10-13-16-19(23)17-20(24)21(25)26/h18,20,22,24H,2-17H2,1H3,(H,25,26). The maximum Gasteiger partial charge on any atom is 0.332 e. The number of ketones is 1. The highest BCUT2D eigenvalue weighted by Crippen LogP contribution is 2.14. The van der Waals surface area contributed by atoms with Crippen molar-refractivity contribution >= 4 is 11.8 Å². The lowest BCUT2D eigenvalue weighted by Crippen LogP contribution is -2.22. The quantitative estimate of drug-likeness (QED) is 0.288. The van der Waals surface area contributed by atoms with Crippen LogP contribution in [0.3, 0.4) is 0 Å². The molecule has 26 heavy (non-hydrogen) atoms. The summed E-state index contributed by atoms with van der Waals surface area (Å²) in [7, 11) is 0. The number of carbonyl (C=O) groups is 2. The predicted molar refractivity (Wildman–Crippen MR) is 104 cm³/mol. The molecule has 3 N–H and O–H groups in total. The first-order valence-corrected chi connectivity index (χ1v) is 10.6. The zero-order valence-electron chi connectivity index (χ0n) is 16.6. The van der Waals surface area contributed by atoms with Crippen molar-refractivity contribution in [3.63, 3.8) is 0 Å². The largest absolute Gasteiger partial charge is 0.479 e. The van der Waals surface area contributed by atoms with Crippen LogP contribution in [0.4, 0.5) is 0 Å². The highest BCUT2D eigenvalue weighted by atomic mass is 16.4. The molecule has 0 aromatic carbocycles. The molecule has 0 aliphatic carbocycles. The molecular weight excluding hydrogens is 332 g/mol. The smallest absolute Gasteiger partial charge is 0.332 e. The molecule has 2 unspecified atom stereocenters. The van der Waals surface area contributed by atoms with Crippen LogP contribution in [-0.4, -0.2) is 39.3 Å². The van der Waals surface area contributed by atoms with E-state index in [2.05, 4.69) is 6.92 Å². The summed E-state index contributed by atoms with van der Waals surface area (Å²) in [6, 6.07) is 0. The van der Waals surface area contributed by atoms with Crippen molar-refractivity contribution in [2.75, 3.05) is 0 Å². The Morgan fingerprint density at radius 1 is 0.731 bits per heavy atom. The molecule has 0 saturated heterocycles. The first kappa shape index (κ1) is 25.1. The van der Waals surface area contributed by atoms with Crippen LogP contribution >= 0.6 is 0 Å². The van der Waals surface area contributed by atoms with Gasteiger partial charge in [0.25, 0.3) is 0 Å². The van der Waals surface area contributed by atoms with Crippen LogP contribution in [0.5, 0.6) is 0 Å². The molecular formula is C21H40O5. The molecule has 154 valence electrons. The lowest BCUT2D eigenvalue weighted by atomic mass is 10.0. The Labute approximate surface area is 159 Å². The van der Waals surface area contributed by atoms with Crippen molar-refractivity contribution < 1.29 is 24.9 Å². The van der Waals surface area contributed by atoms with E-state index in [4.69, 9.17) is 10.2 Å². The molecule has 5 heteroatoms. The molecule has 0 aliphatic heterocycles. The molecule has 0 rings (SSSR count). The molecule has 0 radical (unpaired) electrons. The van der Waals surface area contributed by atoms with Crippen LogP contribution in [0.2, 0.25) is 0 Å². The minimum Gasteiger partial charge on any atom is -0.479 e. The first-order valence-electron chi connectivity index (χ1n) is 10.6. The summed E-state index contributed by atoms with van der Waals surface area (Å²) in [6.45, 7) is 2.20. The maximum absolute atomic E-state index is 11.5. The zero-order valence-corrected chi connectivity index (χ0v) is 16.6. The molecule has 0 heterocycles. The van der Waals surface area contributed by atoms with E-state index in [-0.39, 0.29) is 18.3 Å². The molecule has 0 spiro atoms. The fourth-order valence-corrected chi connectivity index (χ4v) is 3.12. The minimum absolute atomic E-state index is 0.121. The molecule has 0 amide bonds. The Morgan fingerprint density at radius 2 is 1.19 bits per heavy atom. The van der Waals surface area contributed by atoms with E-state index < -0.39 is 12.1 Å². The van der Waals surface area contributed by atoms with E-state index in [1.807, 2.05) is 0 Å². The highest BCUT2D eigenvalue weighted by molar-refractivity contribution is 5.84. The molecule has 2 atom stereocenters. The van der Waals surface area contributed by atoms with Gasteiger partial charge in [-0.3, -0.25) is 4.79 Å². The summed E-state index contributed by atoms with van der Waals surface area (Å²) >= 11 is 0. The molecule has 5 nitrogen and oxygen atoms in total. The average molecular weight is 373 g/mol. The number of hydrogen-bond acceptors (Lipinski definition) is 4. The number of aliphatic carboxylic acids is 1. The Bertz CT molecular complexity index is 356. The van der Waals surface area contributed by atoms with Crippen molar-refractivity contribution in [1.29, 1.82) is 0 Å². The van der Waals surface area contributed by atoms with Gasteiger partial charge in [-0.1, -0.05) is 77.6 Å². The van der Waals surface area contributed by atoms with E-state index in [1.165, 1.54) is 38.5 Å². The van der Waals surface area contributed by atoms with Crippen LogP contribution in [0, 0.1) is 0 Å². The van der Waals surface area contributed by atoms with Crippen LogP contribution < -0.4 is 0 Å². The summed E-state index contributed by atoms with van der Waals surface area (Å²) < 4.78 is 0. The maximum atomic E-state index is 11.5. The van der Waals surface area contributed by atoms with Gasteiger partial charge < -0.3 is 15.3 Å². The van der Waals surface area contributed by atoms with Crippen molar-refractivity contribution in [3.8, 4) is 0 Å². The second-order valence-corrected chi connectivity index (χ2v) is 7.47. The molecule has 0 saturated carbocycles. The summed E-state index contributed by atoms with van der Waals surface area (Å²) in [5.41, 5.74) is 0. The third kappa shape index (κ3) is 16.5. The Hall–Kier alpha value is -0.940. The average Bonchev–Trinajstić information content (AvgIpc) is 2.60. The van der Waals surface area contributed by atoms with Crippen molar-refractivity contribution in [2.45, 2.75) is 122 Å². The number of aliphatic hydroxyl groups excluding tert-OH is 2. The van der Waals surface area contributed by atoms with Gasteiger partial charge in [-0.15, -0.1) is 0 Å². The van der Waals surface area contributed by atoms with Gasteiger partial charge in [0, 0.05) is 12.8 Å². The summed E-state index contributed by atoms with van der Waals surface area (Å²) in [4.78, 5) is 21.9. The van der Waals surface area contributed by atoms with Crippen LogP contribution in [-0.2, 0) is 9.59 Å². The number of rotatable bonds is 19. The third-order valence-corrected chi connectivity index (χ3v) is 4.84. The second kappa shape index (κ2) is 17.5. The predicted octanol–water partition coefficient (Wildman–Crippen LogP) is 4.62. The number of carboxylic acid groups (broad SMARTS) is 1. The number of carbonyl (C=O) groups excluding carboxylic acids is 1. The van der Waals surface area contributed by atoms with E-state index in [9.17, 15) is 14.7 Å². The van der Waals surface area contributed by atoms with E-state index in [0.29, 0.717) is 6.42 Å². The SMILES string of the molecule is CCCCCCC(O)CCCCCCCCCCC(=O)CC(O)C(=O)O. The molecule has 0 aromatic heterocycles. The summed E-state index contributed by atoms with van der Waals surface area (Å²) in [6.07, 6.45) is 13.8. The number of hydrogen-bond donors (Lipinski definition) is 3. The second-order valence-electron chi connectivity index (χ2n) is 7.47. The summed E-state index contributed by atoms with van der Waals surface area (Å²) in [5, 5.41) is 27.5. The number of unbranched alkanes of at least 4 members (excludes halogenated alkanes) is 10. The zero-order chi connectivity index (χ0) is 19.6. The Kier molecular flexibility index (Phi) is 16.8. The van der Waals surface area contributed by atoms with Gasteiger partial charge in [-0.05, 0) is 19.3 Å². The van der Waals surface area contributed by atoms with Crippen LogP contribution in [0.15, 0.2) is 0 Å². The van der Waals surface area contributed by atoms with E-state index in [0.717, 1.165) is 51.4 Å². The fourth-order valence-electron chi connectivity index (χ4n) is 3.12.